The number of hydrogen-bond donors (Lipinski definition) is 1. The summed E-state index contributed by atoms with van der Waals surface area (Å²) in [6.07, 6.45) is 1.81. The first-order valence-corrected chi connectivity index (χ1v) is 6.05. The summed E-state index contributed by atoms with van der Waals surface area (Å²) in [5.74, 6) is 0. The molecule has 0 saturated heterocycles. The molecule has 1 aromatic heterocycles. The Hall–Kier alpha value is -1.87. The van der Waals surface area contributed by atoms with Gasteiger partial charge in [-0.15, -0.1) is 0 Å². The zero-order valence-electron chi connectivity index (χ0n) is 10.8. The van der Waals surface area contributed by atoms with Gasteiger partial charge in [-0.2, -0.15) is 0 Å². The molecule has 0 spiro atoms. The largest absolute Gasteiger partial charge is 0.380 e. The summed E-state index contributed by atoms with van der Waals surface area (Å²) in [5, 5.41) is 3.44. The van der Waals surface area contributed by atoms with E-state index in [4.69, 9.17) is 4.74 Å². The van der Waals surface area contributed by atoms with Gasteiger partial charge in [-0.25, -0.2) is 0 Å². The van der Waals surface area contributed by atoms with Gasteiger partial charge in [0.2, 0.25) is 0 Å². The van der Waals surface area contributed by atoms with Gasteiger partial charge < -0.3 is 10.1 Å². The number of benzene rings is 1. The maximum absolute atomic E-state index is 5.13. The summed E-state index contributed by atoms with van der Waals surface area (Å²) >= 11 is 0. The number of aromatic nitrogens is 1. The molecular weight excluding hydrogens is 224 g/mol. The third kappa shape index (κ3) is 3.31. The second-order valence-corrected chi connectivity index (χ2v) is 4.25. The number of methoxy groups -OCH3 is 1. The van der Waals surface area contributed by atoms with Crippen LogP contribution in [0.15, 0.2) is 48.7 Å². The Morgan fingerprint density at radius 2 is 2.11 bits per heavy atom. The fraction of sp³-hybridized carbons (Fsp3) is 0.267. The molecule has 1 aromatic carbocycles. The van der Waals surface area contributed by atoms with E-state index < -0.39 is 0 Å². The molecule has 0 aliphatic carbocycles. The minimum Gasteiger partial charge on any atom is -0.380 e. The van der Waals surface area contributed by atoms with Crippen molar-refractivity contribution < 1.29 is 4.74 Å². The maximum Gasteiger partial charge on any atom is 0.0713 e. The van der Waals surface area contributed by atoms with Crippen molar-refractivity contribution in [3.8, 4) is 0 Å². The van der Waals surface area contributed by atoms with Crippen LogP contribution in [0.3, 0.4) is 0 Å². The van der Waals surface area contributed by atoms with Crippen molar-refractivity contribution in [3.05, 3.63) is 59.9 Å². The zero-order valence-corrected chi connectivity index (χ0v) is 10.8. The van der Waals surface area contributed by atoms with Gasteiger partial charge in [0.1, 0.15) is 0 Å². The summed E-state index contributed by atoms with van der Waals surface area (Å²) in [7, 11) is 1.70. The van der Waals surface area contributed by atoms with Crippen molar-refractivity contribution >= 4 is 5.69 Å². The number of ether oxygens (including phenoxy) is 1. The monoisotopic (exact) mass is 242 g/mol. The van der Waals surface area contributed by atoms with Crippen LogP contribution in [0, 0.1) is 0 Å². The van der Waals surface area contributed by atoms with E-state index in [2.05, 4.69) is 35.4 Å². The van der Waals surface area contributed by atoms with Crippen molar-refractivity contribution in [1.29, 1.82) is 0 Å². The predicted molar refractivity (Wildman–Crippen MR) is 73.4 cm³/mol. The summed E-state index contributed by atoms with van der Waals surface area (Å²) in [6.45, 7) is 2.73. The van der Waals surface area contributed by atoms with Crippen LogP contribution in [0.4, 0.5) is 5.69 Å². The maximum atomic E-state index is 5.13. The number of pyridine rings is 1. The molecule has 18 heavy (non-hydrogen) atoms. The molecule has 2 aromatic rings. The van der Waals surface area contributed by atoms with Gasteiger partial charge >= 0.3 is 0 Å². The van der Waals surface area contributed by atoms with Crippen molar-refractivity contribution in [2.45, 2.75) is 19.6 Å². The molecule has 3 heteroatoms. The molecule has 1 atom stereocenters. The first kappa shape index (κ1) is 12.6. The number of nitrogens with one attached hydrogen (secondary N) is 1. The van der Waals surface area contributed by atoms with E-state index in [0.29, 0.717) is 6.61 Å². The average Bonchev–Trinajstić information content (AvgIpc) is 2.40. The lowest BCUT2D eigenvalue weighted by molar-refractivity contribution is 0.185. The van der Waals surface area contributed by atoms with Crippen LogP contribution in [0.5, 0.6) is 0 Å². The Kier molecular flexibility index (Phi) is 4.31. The van der Waals surface area contributed by atoms with E-state index in [0.717, 1.165) is 16.9 Å². The first-order valence-electron chi connectivity index (χ1n) is 6.05. The van der Waals surface area contributed by atoms with Gasteiger partial charge in [0, 0.05) is 19.0 Å². The van der Waals surface area contributed by atoms with Gasteiger partial charge in [0.25, 0.3) is 0 Å². The van der Waals surface area contributed by atoms with Crippen LogP contribution in [-0.2, 0) is 11.3 Å². The van der Waals surface area contributed by atoms with Gasteiger partial charge in [-0.05, 0) is 36.8 Å². The highest BCUT2D eigenvalue weighted by atomic mass is 16.5. The molecule has 94 valence electrons. The van der Waals surface area contributed by atoms with E-state index in [1.165, 1.54) is 0 Å². The minimum atomic E-state index is 0.184. The molecule has 0 fully saturated rings. The lowest BCUT2D eigenvalue weighted by Gasteiger charge is -2.15. The molecule has 0 saturated carbocycles. The summed E-state index contributed by atoms with van der Waals surface area (Å²) < 4.78 is 5.13. The summed E-state index contributed by atoms with van der Waals surface area (Å²) in [6, 6.07) is 14.4. The van der Waals surface area contributed by atoms with E-state index >= 15 is 0 Å². The van der Waals surface area contributed by atoms with Gasteiger partial charge in [-0.3, -0.25) is 4.98 Å². The summed E-state index contributed by atoms with van der Waals surface area (Å²) in [4.78, 5) is 4.35. The van der Waals surface area contributed by atoms with Crippen LogP contribution in [0.1, 0.15) is 24.2 Å². The molecule has 3 nitrogen and oxygen atoms in total. The SMILES string of the molecule is COCc1cccc(NC(C)c2ccccn2)c1. The van der Waals surface area contributed by atoms with E-state index in [9.17, 15) is 0 Å². The number of hydrogen-bond acceptors (Lipinski definition) is 3. The minimum absolute atomic E-state index is 0.184. The van der Waals surface area contributed by atoms with Crippen molar-refractivity contribution in [1.82, 2.24) is 4.98 Å². The summed E-state index contributed by atoms with van der Waals surface area (Å²) in [5.41, 5.74) is 3.29. The smallest absolute Gasteiger partial charge is 0.0713 e. The highest BCUT2D eigenvalue weighted by Crippen LogP contribution is 2.18. The van der Waals surface area contributed by atoms with Crippen molar-refractivity contribution in [2.75, 3.05) is 12.4 Å². The number of anilines is 1. The zero-order chi connectivity index (χ0) is 12.8. The van der Waals surface area contributed by atoms with Crippen molar-refractivity contribution in [3.63, 3.8) is 0 Å². The molecule has 1 unspecified atom stereocenters. The lowest BCUT2D eigenvalue weighted by Crippen LogP contribution is -2.08. The normalized spacial score (nSPS) is 12.1. The quantitative estimate of drug-likeness (QED) is 0.872. The first-order chi connectivity index (χ1) is 8.79. The lowest BCUT2D eigenvalue weighted by atomic mass is 10.1. The van der Waals surface area contributed by atoms with Crippen molar-refractivity contribution in [2.24, 2.45) is 0 Å². The van der Waals surface area contributed by atoms with Gasteiger partial charge in [-0.1, -0.05) is 18.2 Å². The Balaban J connectivity index is 2.07. The molecule has 2 rings (SSSR count). The van der Waals surface area contributed by atoms with Gasteiger partial charge in [0.05, 0.1) is 18.3 Å². The second-order valence-electron chi connectivity index (χ2n) is 4.25. The van der Waals surface area contributed by atoms with Crippen LogP contribution in [0.25, 0.3) is 0 Å². The van der Waals surface area contributed by atoms with Crippen LogP contribution < -0.4 is 5.32 Å². The highest BCUT2D eigenvalue weighted by molar-refractivity contribution is 5.47. The van der Waals surface area contributed by atoms with E-state index in [-0.39, 0.29) is 6.04 Å². The Morgan fingerprint density at radius 3 is 2.83 bits per heavy atom. The molecule has 0 aliphatic heterocycles. The van der Waals surface area contributed by atoms with E-state index in [1.807, 2.05) is 30.5 Å². The Labute approximate surface area is 108 Å². The molecule has 1 N–H and O–H groups in total. The Bertz CT molecular complexity index is 485. The topological polar surface area (TPSA) is 34.1 Å². The third-order valence-electron chi connectivity index (χ3n) is 2.75. The van der Waals surface area contributed by atoms with Gasteiger partial charge in [0.15, 0.2) is 0 Å². The van der Waals surface area contributed by atoms with Crippen LogP contribution in [0.2, 0.25) is 0 Å². The van der Waals surface area contributed by atoms with E-state index in [1.54, 1.807) is 7.11 Å². The molecule has 0 radical (unpaired) electrons. The van der Waals surface area contributed by atoms with Crippen LogP contribution >= 0.6 is 0 Å². The second kappa shape index (κ2) is 6.17. The molecular formula is C15H18N2O. The molecule has 0 aliphatic rings. The van der Waals surface area contributed by atoms with Crippen LogP contribution in [-0.4, -0.2) is 12.1 Å². The fourth-order valence-corrected chi connectivity index (χ4v) is 1.87. The molecule has 1 heterocycles. The average molecular weight is 242 g/mol. The molecule has 0 bridgehead atoms. The fourth-order valence-electron chi connectivity index (χ4n) is 1.87. The third-order valence-corrected chi connectivity index (χ3v) is 2.75. The standard InChI is InChI=1S/C15H18N2O/c1-12(15-8-3-4-9-16-15)17-14-7-5-6-13(10-14)11-18-2/h3-10,12,17H,11H2,1-2H3. The molecule has 0 amide bonds. The number of nitrogens with zero attached hydrogens (tertiary/aromatic N) is 1. The Morgan fingerprint density at radius 1 is 1.22 bits per heavy atom. The number of rotatable bonds is 5. The predicted octanol–water partition coefficient (Wildman–Crippen LogP) is 3.40. The highest BCUT2D eigenvalue weighted by Gasteiger charge is 2.05.